The smallest absolute Gasteiger partial charge is 0.273 e. The average molecular weight is 379 g/mol. The molecule has 2 rings (SSSR count). The Labute approximate surface area is 140 Å². The molecule has 0 atom stereocenters. The van der Waals surface area contributed by atoms with E-state index in [1.807, 2.05) is 4.72 Å². The van der Waals surface area contributed by atoms with Crippen molar-refractivity contribution in [3.8, 4) is 0 Å². The molecule has 0 fully saturated rings. The van der Waals surface area contributed by atoms with E-state index < -0.39 is 15.9 Å². The van der Waals surface area contributed by atoms with Crippen molar-refractivity contribution in [3.63, 3.8) is 0 Å². The fraction of sp³-hybridized carbons (Fsp3) is 0.167. The van der Waals surface area contributed by atoms with Gasteiger partial charge in [0, 0.05) is 7.05 Å². The summed E-state index contributed by atoms with van der Waals surface area (Å²) in [7, 11) is -2.54. The van der Waals surface area contributed by atoms with Gasteiger partial charge in [-0.2, -0.15) is 0 Å². The molecule has 2 aromatic rings. The molecule has 0 saturated heterocycles. The number of halogens is 1. The number of amides is 2. The predicted octanol–water partition coefficient (Wildman–Crippen LogP) is 2.04. The summed E-state index contributed by atoms with van der Waals surface area (Å²) in [6, 6.07) is 6.09. The van der Waals surface area contributed by atoms with Crippen molar-refractivity contribution in [2.45, 2.75) is 4.21 Å². The molecule has 0 spiro atoms. The van der Waals surface area contributed by atoms with Gasteiger partial charge in [-0.25, -0.2) is 13.1 Å². The molecule has 6 nitrogen and oxygen atoms in total. The van der Waals surface area contributed by atoms with Crippen LogP contribution in [-0.2, 0) is 14.8 Å². The van der Waals surface area contributed by atoms with Gasteiger partial charge in [0.05, 0.1) is 9.21 Å². The number of nitrogens with one attached hydrogen (secondary N) is 1. The first-order valence-electron chi connectivity index (χ1n) is 5.89. The van der Waals surface area contributed by atoms with E-state index in [4.69, 9.17) is 11.6 Å². The molecule has 22 heavy (non-hydrogen) atoms. The van der Waals surface area contributed by atoms with E-state index in [0.717, 1.165) is 16.2 Å². The minimum absolute atomic E-state index is 0.0573. The van der Waals surface area contributed by atoms with Crippen molar-refractivity contribution < 1.29 is 18.0 Å². The van der Waals surface area contributed by atoms with Crippen molar-refractivity contribution in [2.75, 3.05) is 13.6 Å². The monoisotopic (exact) mass is 378 g/mol. The molecule has 2 amide bonds. The van der Waals surface area contributed by atoms with Crippen LogP contribution < -0.4 is 4.72 Å². The van der Waals surface area contributed by atoms with E-state index in [1.54, 1.807) is 17.5 Å². The first kappa shape index (κ1) is 16.9. The van der Waals surface area contributed by atoms with Crippen LogP contribution in [0.4, 0.5) is 0 Å². The van der Waals surface area contributed by atoms with Crippen LogP contribution in [0.2, 0.25) is 4.34 Å². The summed E-state index contributed by atoms with van der Waals surface area (Å²) >= 11 is 7.76. The summed E-state index contributed by atoms with van der Waals surface area (Å²) in [5.41, 5.74) is 0. The van der Waals surface area contributed by atoms with Crippen molar-refractivity contribution in [2.24, 2.45) is 0 Å². The van der Waals surface area contributed by atoms with Crippen LogP contribution in [0.1, 0.15) is 9.67 Å². The first-order chi connectivity index (χ1) is 10.3. The zero-order chi connectivity index (χ0) is 16.3. The molecule has 1 N–H and O–H groups in total. The lowest BCUT2D eigenvalue weighted by Crippen LogP contribution is -2.40. The summed E-state index contributed by atoms with van der Waals surface area (Å²) < 4.78 is 26.1. The Hall–Kier alpha value is -1.42. The highest BCUT2D eigenvalue weighted by molar-refractivity contribution is 7.92. The second-order valence-electron chi connectivity index (χ2n) is 4.23. The van der Waals surface area contributed by atoms with Gasteiger partial charge in [-0.15, -0.1) is 22.7 Å². The minimum Gasteiger partial charge on any atom is -0.332 e. The van der Waals surface area contributed by atoms with Crippen LogP contribution in [-0.4, -0.2) is 38.7 Å². The zero-order valence-electron chi connectivity index (χ0n) is 11.3. The van der Waals surface area contributed by atoms with Crippen LogP contribution in [0, 0.1) is 0 Å². The van der Waals surface area contributed by atoms with Gasteiger partial charge in [-0.3, -0.25) is 9.59 Å². The van der Waals surface area contributed by atoms with Gasteiger partial charge in [-0.1, -0.05) is 17.7 Å². The molecule has 0 aliphatic heterocycles. The minimum atomic E-state index is -3.96. The molecule has 0 radical (unpaired) electrons. The van der Waals surface area contributed by atoms with Gasteiger partial charge in [0.2, 0.25) is 0 Å². The number of hydrogen-bond donors (Lipinski definition) is 1. The van der Waals surface area contributed by atoms with Crippen LogP contribution in [0.15, 0.2) is 33.9 Å². The largest absolute Gasteiger partial charge is 0.332 e. The summed E-state index contributed by atoms with van der Waals surface area (Å²) in [5.74, 6) is -1.14. The predicted molar refractivity (Wildman–Crippen MR) is 85.9 cm³/mol. The highest BCUT2D eigenvalue weighted by Gasteiger charge is 2.22. The van der Waals surface area contributed by atoms with Gasteiger partial charge in [0.25, 0.3) is 21.8 Å². The van der Waals surface area contributed by atoms with Crippen molar-refractivity contribution in [1.29, 1.82) is 0 Å². The van der Waals surface area contributed by atoms with Gasteiger partial charge < -0.3 is 4.90 Å². The summed E-state index contributed by atoms with van der Waals surface area (Å²) in [5, 5.41) is 1.74. The molecular weight excluding hydrogens is 368 g/mol. The zero-order valence-corrected chi connectivity index (χ0v) is 14.5. The third kappa shape index (κ3) is 4.07. The van der Waals surface area contributed by atoms with Gasteiger partial charge in [0.15, 0.2) is 0 Å². The van der Waals surface area contributed by atoms with Crippen LogP contribution >= 0.6 is 34.3 Å². The molecule has 0 bridgehead atoms. The Kier molecular flexibility index (Phi) is 5.22. The fourth-order valence-electron chi connectivity index (χ4n) is 1.55. The lowest BCUT2D eigenvalue weighted by molar-refractivity contribution is -0.119. The third-order valence-electron chi connectivity index (χ3n) is 2.52. The van der Waals surface area contributed by atoms with E-state index in [2.05, 4.69) is 0 Å². The SMILES string of the molecule is CN(CC(=O)NS(=O)(=O)c1ccc(Cl)s1)C(=O)c1cccs1. The number of likely N-dealkylation sites (N-methyl/N-ethyl adjacent to an activating group) is 1. The van der Waals surface area contributed by atoms with Crippen LogP contribution in [0.5, 0.6) is 0 Å². The van der Waals surface area contributed by atoms with E-state index in [9.17, 15) is 18.0 Å². The summed E-state index contributed by atoms with van der Waals surface area (Å²) in [6.45, 7) is -0.366. The number of sulfonamides is 1. The molecule has 10 heteroatoms. The van der Waals surface area contributed by atoms with Gasteiger partial charge in [0.1, 0.15) is 10.8 Å². The molecule has 0 unspecified atom stereocenters. The number of carbonyl (C=O) groups excluding carboxylic acids is 2. The maximum Gasteiger partial charge on any atom is 0.273 e. The number of thiophene rings is 2. The fourth-order valence-corrected chi connectivity index (χ4v) is 4.73. The second kappa shape index (κ2) is 6.78. The Balaban J connectivity index is 1.99. The summed E-state index contributed by atoms with van der Waals surface area (Å²) in [6.07, 6.45) is 0. The van der Waals surface area contributed by atoms with E-state index in [1.165, 1.54) is 30.5 Å². The molecule has 2 aromatic heterocycles. The number of hydrogen-bond acceptors (Lipinski definition) is 6. The molecular formula is C12H11ClN2O4S3. The first-order valence-corrected chi connectivity index (χ1v) is 9.45. The normalized spacial score (nSPS) is 11.2. The number of nitrogens with zero attached hydrogens (tertiary/aromatic N) is 1. The lowest BCUT2D eigenvalue weighted by Gasteiger charge is -2.15. The second-order valence-corrected chi connectivity index (χ2v) is 8.80. The van der Waals surface area contributed by atoms with Crippen molar-refractivity contribution in [3.05, 3.63) is 38.9 Å². The molecule has 2 heterocycles. The highest BCUT2D eigenvalue weighted by atomic mass is 35.5. The quantitative estimate of drug-likeness (QED) is 0.862. The van der Waals surface area contributed by atoms with Crippen molar-refractivity contribution >= 4 is 56.1 Å². The topological polar surface area (TPSA) is 83.6 Å². The Morgan fingerprint density at radius 2 is 2.05 bits per heavy atom. The maximum absolute atomic E-state index is 12.0. The van der Waals surface area contributed by atoms with Crippen LogP contribution in [0.25, 0.3) is 0 Å². The van der Waals surface area contributed by atoms with Crippen molar-refractivity contribution in [1.82, 2.24) is 9.62 Å². The molecule has 0 aliphatic carbocycles. The standard InChI is InChI=1S/C12H11ClN2O4S3/c1-15(12(17)8-3-2-6-20-8)7-10(16)14-22(18,19)11-5-4-9(13)21-11/h2-6H,7H2,1H3,(H,14,16). The van der Waals surface area contributed by atoms with E-state index in [0.29, 0.717) is 9.21 Å². The summed E-state index contributed by atoms with van der Waals surface area (Å²) in [4.78, 5) is 25.4. The van der Waals surface area contributed by atoms with Crippen LogP contribution in [0.3, 0.4) is 0 Å². The molecule has 118 valence electrons. The molecule has 0 saturated carbocycles. The van der Waals surface area contributed by atoms with Gasteiger partial charge >= 0.3 is 0 Å². The average Bonchev–Trinajstić information content (AvgIpc) is 3.07. The number of rotatable bonds is 5. The third-order valence-corrected chi connectivity index (χ3v) is 6.48. The maximum atomic E-state index is 12.0. The Morgan fingerprint density at radius 3 is 2.59 bits per heavy atom. The van der Waals surface area contributed by atoms with E-state index in [-0.39, 0.29) is 16.7 Å². The number of carbonyl (C=O) groups is 2. The molecule has 0 aromatic carbocycles. The van der Waals surface area contributed by atoms with E-state index >= 15 is 0 Å². The molecule has 0 aliphatic rings. The Morgan fingerprint density at radius 1 is 1.32 bits per heavy atom. The highest BCUT2D eigenvalue weighted by Crippen LogP contribution is 2.25. The Bertz CT molecular complexity index is 783. The lowest BCUT2D eigenvalue weighted by atomic mass is 10.4. The van der Waals surface area contributed by atoms with Gasteiger partial charge in [-0.05, 0) is 23.6 Å².